The van der Waals surface area contributed by atoms with E-state index in [2.05, 4.69) is 0 Å². The van der Waals surface area contributed by atoms with Crippen molar-refractivity contribution in [1.82, 2.24) is 0 Å². The van der Waals surface area contributed by atoms with E-state index in [1.54, 1.807) is 12.1 Å². The summed E-state index contributed by atoms with van der Waals surface area (Å²) < 4.78 is 25.3. The summed E-state index contributed by atoms with van der Waals surface area (Å²) >= 11 is 0. The molecule has 0 atom stereocenters. The molecule has 0 amide bonds. The highest BCUT2D eigenvalue weighted by molar-refractivity contribution is 5.73. The molecule has 3 aromatic rings. The first-order chi connectivity index (χ1) is 13.1. The summed E-state index contributed by atoms with van der Waals surface area (Å²) in [6.07, 6.45) is 3.66. The number of halogens is 1. The molecule has 0 spiro atoms. The van der Waals surface area contributed by atoms with Crippen LogP contribution in [0.5, 0.6) is 11.5 Å². The largest absolute Gasteiger partial charge is 0.485 e. The van der Waals surface area contributed by atoms with E-state index in [-0.39, 0.29) is 18.1 Å². The Balaban J connectivity index is 1.88. The normalized spacial score (nSPS) is 10.7. The summed E-state index contributed by atoms with van der Waals surface area (Å²) in [6, 6.07) is 22.2. The lowest BCUT2D eigenvalue weighted by Gasteiger charge is -2.13. The van der Waals surface area contributed by atoms with Gasteiger partial charge in [0.25, 0.3) is 0 Å². The number of hydrogen-bond acceptors (Lipinski definition) is 3. The van der Waals surface area contributed by atoms with Crippen molar-refractivity contribution in [2.24, 2.45) is 0 Å². The first kappa shape index (κ1) is 18.4. The van der Waals surface area contributed by atoms with E-state index in [9.17, 15) is 9.18 Å². The molecule has 27 heavy (non-hydrogen) atoms. The van der Waals surface area contributed by atoms with Gasteiger partial charge in [0, 0.05) is 6.92 Å². The van der Waals surface area contributed by atoms with Gasteiger partial charge in [-0.05, 0) is 28.8 Å². The summed E-state index contributed by atoms with van der Waals surface area (Å²) in [5.74, 6) is -1.27. The third-order valence-electron chi connectivity index (χ3n) is 3.78. The van der Waals surface area contributed by atoms with Gasteiger partial charge in [-0.3, -0.25) is 4.79 Å². The lowest BCUT2D eigenvalue weighted by molar-refractivity contribution is -0.132. The topological polar surface area (TPSA) is 35.5 Å². The third-order valence-corrected chi connectivity index (χ3v) is 3.78. The lowest BCUT2D eigenvalue weighted by atomic mass is 10.1. The maximum Gasteiger partial charge on any atom is 0.308 e. The molecule has 3 rings (SSSR count). The molecule has 0 bridgehead atoms. The van der Waals surface area contributed by atoms with Crippen molar-refractivity contribution in [2.75, 3.05) is 0 Å². The number of hydrogen-bond donors (Lipinski definition) is 0. The summed E-state index contributed by atoms with van der Waals surface area (Å²) in [7, 11) is 0. The van der Waals surface area contributed by atoms with Gasteiger partial charge in [-0.2, -0.15) is 0 Å². The first-order valence-electron chi connectivity index (χ1n) is 8.53. The van der Waals surface area contributed by atoms with Crippen molar-refractivity contribution in [3.8, 4) is 11.5 Å². The Bertz CT molecular complexity index is 935. The Morgan fingerprint density at radius 3 is 2.22 bits per heavy atom. The Hall–Kier alpha value is -3.40. The second kappa shape index (κ2) is 8.81. The lowest BCUT2D eigenvalue weighted by Crippen LogP contribution is -2.06. The molecule has 0 aromatic heterocycles. The molecule has 0 fully saturated rings. The second-order valence-corrected chi connectivity index (χ2v) is 5.94. The molecular weight excluding hydrogens is 343 g/mol. The maximum absolute atomic E-state index is 14.5. The summed E-state index contributed by atoms with van der Waals surface area (Å²) in [6.45, 7) is 1.46. The first-order valence-corrected chi connectivity index (χ1v) is 8.53. The van der Waals surface area contributed by atoms with Crippen LogP contribution in [0, 0.1) is 5.82 Å². The second-order valence-electron chi connectivity index (χ2n) is 5.94. The molecule has 0 N–H and O–H groups in total. The van der Waals surface area contributed by atoms with E-state index >= 15 is 0 Å². The van der Waals surface area contributed by atoms with Gasteiger partial charge in [0.1, 0.15) is 6.61 Å². The number of esters is 1. The minimum absolute atomic E-state index is 0.182. The van der Waals surface area contributed by atoms with Gasteiger partial charge in [0.15, 0.2) is 11.6 Å². The molecule has 0 saturated heterocycles. The van der Waals surface area contributed by atoms with E-state index in [4.69, 9.17) is 9.47 Å². The van der Waals surface area contributed by atoms with Gasteiger partial charge in [-0.15, -0.1) is 0 Å². The Morgan fingerprint density at radius 2 is 1.56 bits per heavy atom. The Labute approximate surface area is 157 Å². The average Bonchev–Trinajstić information content (AvgIpc) is 2.68. The minimum atomic E-state index is -0.650. The van der Waals surface area contributed by atoms with E-state index < -0.39 is 11.8 Å². The number of rotatable bonds is 6. The van der Waals surface area contributed by atoms with Crippen LogP contribution in [0.1, 0.15) is 23.6 Å². The smallest absolute Gasteiger partial charge is 0.308 e. The van der Waals surface area contributed by atoms with E-state index in [0.29, 0.717) is 5.56 Å². The number of carbonyl (C=O) groups excluding carboxylic acids is 1. The van der Waals surface area contributed by atoms with Gasteiger partial charge in [0.2, 0.25) is 5.75 Å². The zero-order valence-corrected chi connectivity index (χ0v) is 14.9. The standard InChI is InChI=1S/C23H19FO3/c1-17(25)27-23-21(24)14-20(13-12-18-8-4-2-5-9-18)15-22(23)26-16-19-10-6-3-7-11-19/h2-15H,16H2,1H3. The molecule has 0 aliphatic heterocycles. The van der Waals surface area contributed by atoms with Crippen molar-refractivity contribution in [2.45, 2.75) is 13.5 Å². The molecular formula is C23H19FO3. The van der Waals surface area contributed by atoms with Crippen molar-refractivity contribution in [3.05, 3.63) is 95.3 Å². The highest BCUT2D eigenvalue weighted by Gasteiger charge is 2.15. The molecule has 0 aliphatic rings. The fourth-order valence-corrected chi connectivity index (χ4v) is 2.53. The third kappa shape index (κ3) is 5.28. The average molecular weight is 362 g/mol. The van der Waals surface area contributed by atoms with Gasteiger partial charge >= 0.3 is 5.97 Å². The van der Waals surface area contributed by atoms with Gasteiger partial charge < -0.3 is 9.47 Å². The quantitative estimate of drug-likeness (QED) is 0.330. The highest BCUT2D eigenvalue weighted by Crippen LogP contribution is 2.33. The molecule has 0 radical (unpaired) electrons. The fourth-order valence-electron chi connectivity index (χ4n) is 2.53. The molecule has 136 valence electrons. The van der Waals surface area contributed by atoms with E-state index in [0.717, 1.165) is 11.1 Å². The maximum atomic E-state index is 14.5. The minimum Gasteiger partial charge on any atom is -0.485 e. The van der Waals surface area contributed by atoms with Crippen molar-refractivity contribution < 1.29 is 18.7 Å². The molecule has 0 saturated carbocycles. The van der Waals surface area contributed by atoms with Crippen LogP contribution in [0.25, 0.3) is 12.2 Å². The number of ether oxygens (including phenoxy) is 2. The number of carbonyl (C=O) groups is 1. The van der Waals surface area contributed by atoms with Gasteiger partial charge in [-0.25, -0.2) is 4.39 Å². The Morgan fingerprint density at radius 1 is 0.926 bits per heavy atom. The molecule has 0 unspecified atom stereocenters. The van der Waals surface area contributed by atoms with Crippen LogP contribution in [0.15, 0.2) is 72.8 Å². The van der Waals surface area contributed by atoms with Crippen molar-refractivity contribution >= 4 is 18.1 Å². The van der Waals surface area contributed by atoms with Crippen LogP contribution in [0.4, 0.5) is 4.39 Å². The fraction of sp³-hybridized carbons (Fsp3) is 0.0870. The predicted molar refractivity (Wildman–Crippen MR) is 104 cm³/mol. The van der Waals surface area contributed by atoms with Crippen LogP contribution in [0.2, 0.25) is 0 Å². The van der Waals surface area contributed by atoms with Crippen molar-refractivity contribution in [1.29, 1.82) is 0 Å². The van der Waals surface area contributed by atoms with E-state index in [1.807, 2.05) is 66.7 Å². The summed E-state index contributed by atoms with van der Waals surface area (Å²) in [4.78, 5) is 11.3. The zero-order valence-electron chi connectivity index (χ0n) is 14.9. The molecule has 0 heterocycles. The molecule has 3 aromatic carbocycles. The zero-order chi connectivity index (χ0) is 19.1. The SMILES string of the molecule is CC(=O)Oc1c(F)cc(C=Cc2ccccc2)cc1OCc1ccccc1. The van der Waals surface area contributed by atoms with Crippen LogP contribution >= 0.6 is 0 Å². The summed E-state index contributed by atoms with van der Waals surface area (Å²) in [5.41, 5.74) is 2.53. The molecule has 0 aliphatic carbocycles. The van der Waals surface area contributed by atoms with Crippen LogP contribution in [0.3, 0.4) is 0 Å². The molecule has 3 nitrogen and oxygen atoms in total. The van der Waals surface area contributed by atoms with E-state index in [1.165, 1.54) is 13.0 Å². The predicted octanol–water partition coefficient (Wildman–Crippen LogP) is 5.50. The van der Waals surface area contributed by atoms with Gasteiger partial charge in [-0.1, -0.05) is 72.8 Å². The summed E-state index contributed by atoms with van der Waals surface area (Å²) in [5, 5.41) is 0. The molecule has 4 heteroatoms. The van der Waals surface area contributed by atoms with Crippen molar-refractivity contribution in [3.63, 3.8) is 0 Å². The number of benzene rings is 3. The van der Waals surface area contributed by atoms with Crippen LogP contribution in [-0.2, 0) is 11.4 Å². The van der Waals surface area contributed by atoms with Crippen LogP contribution in [-0.4, -0.2) is 5.97 Å². The highest BCUT2D eigenvalue weighted by atomic mass is 19.1. The monoisotopic (exact) mass is 362 g/mol. The van der Waals surface area contributed by atoms with Crippen LogP contribution < -0.4 is 9.47 Å². The Kier molecular flexibility index (Phi) is 6.00. The van der Waals surface area contributed by atoms with Gasteiger partial charge in [0.05, 0.1) is 0 Å².